The lowest BCUT2D eigenvalue weighted by molar-refractivity contribution is 0.0556. The molecule has 1 N–H and O–H groups in total. The molecule has 0 saturated carbocycles. The molecule has 32 heavy (non-hydrogen) atoms. The molecule has 2 fully saturated rings. The minimum atomic E-state index is 0.00546. The topological polar surface area (TPSA) is 78.4 Å². The second-order valence-electron chi connectivity index (χ2n) is 8.09. The molecule has 1 aromatic carbocycles. The van der Waals surface area contributed by atoms with Crippen molar-refractivity contribution in [3.8, 4) is 10.6 Å². The van der Waals surface area contributed by atoms with Crippen LogP contribution in [0.1, 0.15) is 31.6 Å². The molecule has 2 aliphatic heterocycles. The minimum absolute atomic E-state index is 0.00546. The van der Waals surface area contributed by atoms with E-state index in [1.54, 1.807) is 6.20 Å². The predicted molar refractivity (Wildman–Crippen MR) is 127 cm³/mol. The normalized spacial score (nSPS) is 18.8. The molecule has 2 amide bonds. The van der Waals surface area contributed by atoms with E-state index in [1.165, 1.54) is 22.7 Å². The van der Waals surface area contributed by atoms with Crippen molar-refractivity contribution in [2.45, 2.75) is 25.4 Å². The van der Waals surface area contributed by atoms with Crippen LogP contribution in [0.2, 0.25) is 5.02 Å². The highest BCUT2D eigenvalue weighted by Gasteiger charge is 2.36. The fourth-order valence-electron chi connectivity index (χ4n) is 4.11. The molecule has 0 aliphatic carbocycles. The van der Waals surface area contributed by atoms with E-state index in [2.05, 4.69) is 15.3 Å². The molecule has 1 atom stereocenters. The van der Waals surface area contributed by atoms with E-state index in [0.717, 1.165) is 29.2 Å². The zero-order chi connectivity index (χ0) is 22.2. The van der Waals surface area contributed by atoms with E-state index in [4.69, 9.17) is 11.6 Å². The van der Waals surface area contributed by atoms with Gasteiger partial charge in [0.05, 0.1) is 5.69 Å². The number of carbonyl (C=O) groups is 2. The highest BCUT2D eigenvalue weighted by Crippen LogP contribution is 2.31. The Bertz CT molecular complexity index is 1140. The van der Waals surface area contributed by atoms with Gasteiger partial charge in [0.2, 0.25) is 0 Å². The van der Waals surface area contributed by atoms with Crippen molar-refractivity contribution in [1.29, 1.82) is 0 Å². The summed E-state index contributed by atoms with van der Waals surface area (Å²) in [7, 11) is 0. The van der Waals surface area contributed by atoms with Crippen molar-refractivity contribution in [2.24, 2.45) is 0 Å². The number of nitrogens with one attached hydrogen (secondary N) is 1. The number of likely N-dealkylation sites (tertiary alicyclic amines) is 2. The van der Waals surface area contributed by atoms with Gasteiger partial charge in [-0.3, -0.25) is 9.59 Å². The van der Waals surface area contributed by atoms with E-state index in [1.807, 2.05) is 46.4 Å². The molecule has 0 spiro atoms. The molecule has 10 heteroatoms. The lowest BCUT2D eigenvalue weighted by Gasteiger charge is -2.41. The summed E-state index contributed by atoms with van der Waals surface area (Å²) >= 11 is 8.88. The number of nitrogens with zero attached hydrogens (tertiary/aromatic N) is 4. The molecule has 166 valence electrons. The van der Waals surface area contributed by atoms with Gasteiger partial charge >= 0.3 is 0 Å². The molecule has 2 saturated heterocycles. The SMILES string of the molecule is Cc1nc(-c2cccc(Cl)c2)sc1C(=O)N1CC(NC2CCN(C(=O)c3nccs3)C2)C1. The first-order valence-corrected chi connectivity index (χ1v) is 12.5. The van der Waals surface area contributed by atoms with E-state index in [9.17, 15) is 9.59 Å². The number of thiazole rings is 2. The second-order valence-corrected chi connectivity index (χ2v) is 10.4. The van der Waals surface area contributed by atoms with Crippen LogP contribution in [0, 0.1) is 6.92 Å². The average molecular weight is 488 g/mol. The summed E-state index contributed by atoms with van der Waals surface area (Å²) in [4.78, 5) is 38.6. The largest absolute Gasteiger partial charge is 0.335 e. The van der Waals surface area contributed by atoms with Crippen molar-refractivity contribution in [3.63, 3.8) is 0 Å². The molecule has 2 aliphatic rings. The zero-order valence-electron chi connectivity index (χ0n) is 17.5. The number of rotatable bonds is 5. The predicted octanol–water partition coefficient (Wildman–Crippen LogP) is 3.56. The number of benzene rings is 1. The van der Waals surface area contributed by atoms with Crippen molar-refractivity contribution in [1.82, 2.24) is 25.1 Å². The van der Waals surface area contributed by atoms with Crippen molar-refractivity contribution < 1.29 is 9.59 Å². The van der Waals surface area contributed by atoms with Crippen LogP contribution in [0.3, 0.4) is 0 Å². The van der Waals surface area contributed by atoms with Gasteiger partial charge in [-0.15, -0.1) is 22.7 Å². The molecule has 5 rings (SSSR count). The van der Waals surface area contributed by atoms with Gasteiger partial charge < -0.3 is 15.1 Å². The zero-order valence-corrected chi connectivity index (χ0v) is 19.8. The van der Waals surface area contributed by atoms with Gasteiger partial charge in [0, 0.05) is 60.4 Å². The number of amides is 2. The quantitative estimate of drug-likeness (QED) is 0.595. The highest BCUT2D eigenvalue weighted by molar-refractivity contribution is 7.17. The number of hydrogen-bond acceptors (Lipinski definition) is 7. The molecular weight excluding hydrogens is 466 g/mol. The number of carbonyl (C=O) groups excluding carboxylic acids is 2. The van der Waals surface area contributed by atoms with Gasteiger partial charge in [-0.25, -0.2) is 9.97 Å². The fourth-order valence-corrected chi connectivity index (χ4v) is 5.93. The summed E-state index contributed by atoms with van der Waals surface area (Å²) in [6.07, 6.45) is 2.57. The summed E-state index contributed by atoms with van der Waals surface area (Å²) < 4.78 is 0. The van der Waals surface area contributed by atoms with Crippen LogP contribution in [0.4, 0.5) is 0 Å². The van der Waals surface area contributed by atoms with Gasteiger partial charge in [0.1, 0.15) is 9.88 Å². The number of hydrogen-bond donors (Lipinski definition) is 1. The fraction of sp³-hybridized carbons (Fsp3) is 0.364. The van der Waals surface area contributed by atoms with Crippen LogP contribution in [-0.4, -0.2) is 69.8 Å². The van der Waals surface area contributed by atoms with Gasteiger partial charge in [0.15, 0.2) is 5.01 Å². The average Bonchev–Trinajstić information content (AvgIpc) is 3.50. The van der Waals surface area contributed by atoms with Crippen LogP contribution in [0.5, 0.6) is 0 Å². The molecule has 0 bridgehead atoms. The number of aryl methyl sites for hydroxylation is 1. The van der Waals surface area contributed by atoms with E-state index < -0.39 is 0 Å². The minimum Gasteiger partial charge on any atom is -0.335 e. The molecule has 4 heterocycles. The Labute approximate surface area is 199 Å². The lowest BCUT2D eigenvalue weighted by Crippen LogP contribution is -2.62. The summed E-state index contributed by atoms with van der Waals surface area (Å²) in [6, 6.07) is 8.02. The standard InChI is InChI=1S/C22H22ClN5O2S2/c1-13-18(32-19(25-13)14-3-2-4-15(23)9-14)21(29)28-11-17(12-28)26-16-5-7-27(10-16)22(30)20-24-6-8-31-20/h2-4,6,8-9,16-17,26H,5,7,10-12H2,1H3. The first kappa shape index (κ1) is 21.5. The highest BCUT2D eigenvalue weighted by atomic mass is 35.5. The Morgan fingerprint density at radius 1 is 1.16 bits per heavy atom. The second kappa shape index (κ2) is 8.90. The van der Waals surface area contributed by atoms with Gasteiger partial charge in [0.25, 0.3) is 11.8 Å². The third-order valence-corrected chi connectivity index (χ3v) is 7.98. The summed E-state index contributed by atoms with van der Waals surface area (Å²) in [5, 5.41) is 7.42. The van der Waals surface area contributed by atoms with Gasteiger partial charge in [-0.1, -0.05) is 23.7 Å². The Hall–Kier alpha value is -2.33. The van der Waals surface area contributed by atoms with E-state index >= 15 is 0 Å². The van der Waals surface area contributed by atoms with Crippen molar-refractivity contribution >= 4 is 46.1 Å². The van der Waals surface area contributed by atoms with Gasteiger partial charge in [-0.2, -0.15) is 0 Å². The maximum atomic E-state index is 13.0. The number of aromatic nitrogens is 2. The third kappa shape index (κ3) is 4.30. The smallest absolute Gasteiger partial charge is 0.282 e. The summed E-state index contributed by atoms with van der Waals surface area (Å²) in [5.74, 6) is 0.0317. The van der Waals surface area contributed by atoms with E-state index in [0.29, 0.717) is 34.5 Å². The van der Waals surface area contributed by atoms with Crippen LogP contribution >= 0.6 is 34.3 Å². The first-order chi connectivity index (χ1) is 15.5. The molecule has 1 unspecified atom stereocenters. The van der Waals surface area contributed by atoms with Crippen LogP contribution in [0.15, 0.2) is 35.8 Å². The molecule has 7 nitrogen and oxygen atoms in total. The molecule has 3 aromatic rings. The summed E-state index contributed by atoms with van der Waals surface area (Å²) in [5.41, 5.74) is 1.67. The lowest BCUT2D eigenvalue weighted by atomic mass is 10.1. The Morgan fingerprint density at radius 3 is 2.72 bits per heavy atom. The van der Waals surface area contributed by atoms with Crippen LogP contribution < -0.4 is 5.32 Å². The number of halogens is 1. The molecule has 0 radical (unpaired) electrons. The third-order valence-electron chi connectivity index (χ3n) is 5.79. The van der Waals surface area contributed by atoms with Crippen LogP contribution in [-0.2, 0) is 0 Å². The van der Waals surface area contributed by atoms with Crippen molar-refractivity contribution in [2.75, 3.05) is 26.2 Å². The van der Waals surface area contributed by atoms with Crippen LogP contribution in [0.25, 0.3) is 10.6 Å². The Balaban J connectivity index is 1.14. The first-order valence-electron chi connectivity index (χ1n) is 10.5. The molecule has 2 aromatic heterocycles. The maximum Gasteiger partial charge on any atom is 0.282 e. The Morgan fingerprint density at radius 2 is 1.97 bits per heavy atom. The maximum absolute atomic E-state index is 13.0. The summed E-state index contributed by atoms with van der Waals surface area (Å²) in [6.45, 7) is 4.62. The van der Waals surface area contributed by atoms with Crippen molar-refractivity contribution in [3.05, 3.63) is 56.4 Å². The monoisotopic (exact) mass is 487 g/mol. The van der Waals surface area contributed by atoms with Gasteiger partial charge in [-0.05, 0) is 25.5 Å². The Kier molecular flexibility index (Phi) is 5.98. The van der Waals surface area contributed by atoms with E-state index in [-0.39, 0.29) is 23.9 Å². The molecular formula is C22H22ClN5O2S2.